The Labute approximate surface area is 212 Å². The number of halogens is 4. The minimum atomic E-state index is -4.48. The molecule has 0 saturated carbocycles. The van der Waals surface area contributed by atoms with Gasteiger partial charge >= 0.3 is 6.18 Å². The number of aliphatic hydroxyl groups is 1. The summed E-state index contributed by atoms with van der Waals surface area (Å²) in [5.41, 5.74) is -0.994. The molecule has 0 aliphatic heterocycles. The van der Waals surface area contributed by atoms with Gasteiger partial charge in [-0.15, -0.1) is 0 Å². The second-order valence-corrected chi connectivity index (χ2v) is 8.86. The molecule has 3 N–H and O–H groups in total. The molecular formula is C23H21F4N9O2. The first-order valence-corrected chi connectivity index (χ1v) is 11.1. The number of aromatic nitrogens is 6. The van der Waals surface area contributed by atoms with Gasteiger partial charge in [0.05, 0.1) is 35.2 Å². The highest BCUT2D eigenvalue weighted by atomic mass is 19.4. The summed E-state index contributed by atoms with van der Waals surface area (Å²) >= 11 is 0. The Morgan fingerprint density at radius 3 is 2.66 bits per heavy atom. The van der Waals surface area contributed by atoms with E-state index in [2.05, 4.69) is 30.8 Å². The summed E-state index contributed by atoms with van der Waals surface area (Å²) in [5.74, 6) is -0.566. The quantitative estimate of drug-likeness (QED) is 0.294. The van der Waals surface area contributed by atoms with Gasteiger partial charge in [0.15, 0.2) is 17.3 Å². The van der Waals surface area contributed by atoms with E-state index in [1.807, 2.05) is 6.07 Å². The Morgan fingerprint density at radius 1 is 1.21 bits per heavy atom. The minimum Gasteiger partial charge on any atom is -0.387 e. The van der Waals surface area contributed by atoms with Crippen molar-refractivity contribution in [3.8, 4) is 11.9 Å². The number of fused-ring (bicyclic) bond motifs is 1. The SMILES string of the molecule is CC(C)(O)C(F)CNC(=O)c1cnc(-n2ncc3cc(C#N)cnc32)cc1Nc1ccn(CC(F)(F)F)n1. The Hall–Kier alpha value is -4.58. The van der Waals surface area contributed by atoms with Gasteiger partial charge in [-0.25, -0.2) is 14.4 Å². The Balaban J connectivity index is 1.69. The molecule has 15 heteroatoms. The second kappa shape index (κ2) is 10.1. The maximum Gasteiger partial charge on any atom is 0.408 e. The van der Waals surface area contributed by atoms with Crippen LogP contribution in [0.3, 0.4) is 0 Å². The van der Waals surface area contributed by atoms with Crippen molar-refractivity contribution in [2.75, 3.05) is 11.9 Å². The van der Waals surface area contributed by atoms with Gasteiger partial charge in [-0.2, -0.15) is 33.3 Å². The van der Waals surface area contributed by atoms with Gasteiger partial charge in [0.2, 0.25) is 0 Å². The highest BCUT2D eigenvalue weighted by Crippen LogP contribution is 2.25. The number of anilines is 2. The smallest absolute Gasteiger partial charge is 0.387 e. The van der Waals surface area contributed by atoms with E-state index in [0.29, 0.717) is 21.3 Å². The number of carbonyl (C=O) groups is 1. The molecule has 1 amide bonds. The first-order chi connectivity index (χ1) is 17.8. The lowest BCUT2D eigenvalue weighted by atomic mass is 10.0. The molecule has 0 bridgehead atoms. The number of nitrogens with one attached hydrogen (secondary N) is 2. The number of pyridine rings is 2. The van der Waals surface area contributed by atoms with Gasteiger partial charge in [0.1, 0.15) is 18.8 Å². The number of nitriles is 1. The number of alkyl halides is 4. The maximum absolute atomic E-state index is 14.2. The van der Waals surface area contributed by atoms with Crippen molar-refractivity contribution >= 4 is 28.4 Å². The van der Waals surface area contributed by atoms with Gasteiger partial charge in [-0.1, -0.05) is 0 Å². The van der Waals surface area contributed by atoms with Crippen molar-refractivity contribution in [3.63, 3.8) is 0 Å². The average Bonchev–Trinajstić information content (AvgIpc) is 3.46. The van der Waals surface area contributed by atoms with Crippen molar-refractivity contribution < 1.29 is 27.5 Å². The summed E-state index contributed by atoms with van der Waals surface area (Å²) in [7, 11) is 0. The minimum absolute atomic E-state index is 0.00224. The van der Waals surface area contributed by atoms with Crippen LogP contribution in [0.25, 0.3) is 16.9 Å². The van der Waals surface area contributed by atoms with Crippen LogP contribution in [0.5, 0.6) is 0 Å². The molecule has 0 aromatic carbocycles. The molecule has 1 atom stereocenters. The van der Waals surface area contributed by atoms with Crippen LogP contribution < -0.4 is 10.6 Å². The monoisotopic (exact) mass is 531 g/mol. The summed E-state index contributed by atoms with van der Waals surface area (Å²) in [4.78, 5) is 21.3. The van der Waals surface area contributed by atoms with E-state index in [1.165, 1.54) is 49.3 Å². The van der Waals surface area contributed by atoms with Crippen LogP contribution in [-0.4, -0.2) is 65.0 Å². The molecule has 0 saturated heterocycles. The van der Waals surface area contributed by atoms with Crippen molar-refractivity contribution in [1.82, 2.24) is 34.8 Å². The first-order valence-electron chi connectivity index (χ1n) is 11.1. The molecule has 38 heavy (non-hydrogen) atoms. The zero-order valence-corrected chi connectivity index (χ0v) is 20.0. The van der Waals surface area contributed by atoms with E-state index in [-0.39, 0.29) is 22.9 Å². The van der Waals surface area contributed by atoms with Crippen LogP contribution in [0.1, 0.15) is 29.8 Å². The van der Waals surface area contributed by atoms with Gasteiger partial charge in [-0.05, 0) is 19.9 Å². The summed E-state index contributed by atoms with van der Waals surface area (Å²) < 4.78 is 54.4. The van der Waals surface area contributed by atoms with Gasteiger partial charge in [0.25, 0.3) is 5.91 Å². The Kier molecular flexibility index (Phi) is 7.01. The fraction of sp³-hybridized carbons (Fsp3) is 0.304. The zero-order valence-electron chi connectivity index (χ0n) is 20.0. The summed E-state index contributed by atoms with van der Waals surface area (Å²) in [6.45, 7) is 0.700. The fourth-order valence-electron chi connectivity index (χ4n) is 3.36. The molecule has 4 aromatic heterocycles. The molecule has 0 aliphatic rings. The number of amides is 1. The third-order valence-electron chi connectivity index (χ3n) is 5.34. The molecule has 0 aliphatic carbocycles. The second-order valence-electron chi connectivity index (χ2n) is 8.86. The highest BCUT2D eigenvalue weighted by molar-refractivity contribution is 6.00. The average molecular weight is 531 g/mol. The van der Waals surface area contributed by atoms with Crippen LogP contribution in [-0.2, 0) is 6.54 Å². The summed E-state index contributed by atoms with van der Waals surface area (Å²) in [6.07, 6.45) is -1.14. The lowest BCUT2D eigenvalue weighted by Crippen LogP contribution is -2.42. The molecule has 0 spiro atoms. The molecule has 0 fully saturated rings. The Morgan fingerprint density at radius 2 is 1.97 bits per heavy atom. The van der Waals surface area contributed by atoms with Gasteiger partial charge < -0.3 is 15.7 Å². The molecule has 4 heterocycles. The third-order valence-corrected chi connectivity index (χ3v) is 5.34. The molecule has 4 rings (SSSR count). The standard InChI is InChI=1S/C23H21F4N9O2/c1-22(2,38)17(24)11-31-21(37)15-10-29-19(36-20-14(9-32-36)5-13(7-28)8-30-20)6-16(15)33-18-3-4-35(34-18)12-23(25,26)27/h3-6,8-10,17,38H,11-12H2,1-2H3,(H,31,37)(H,29,33,34). The zero-order chi connectivity index (χ0) is 27.7. The van der Waals surface area contributed by atoms with Crippen molar-refractivity contribution in [1.29, 1.82) is 5.26 Å². The van der Waals surface area contributed by atoms with Crippen LogP contribution in [0.4, 0.5) is 29.1 Å². The van der Waals surface area contributed by atoms with Gasteiger partial charge in [0, 0.05) is 36.1 Å². The van der Waals surface area contributed by atoms with E-state index in [9.17, 15) is 27.5 Å². The first kappa shape index (κ1) is 26.5. The van der Waals surface area contributed by atoms with Crippen molar-refractivity contribution in [3.05, 3.63) is 54.1 Å². The van der Waals surface area contributed by atoms with E-state index < -0.39 is 36.9 Å². The molecular weight excluding hydrogens is 510 g/mol. The largest absolute Gasteiger partial charge is 0.408 e. The van der Waals surface area contributed by atoms with E-state index >= 15 is 0 Å². The molecule has 1 unspecified atom stereocenters. The number of hydrogen-bond acceptors (Lipinski definition) is 8. The topological polar surface area (TPSA) is 147 Å². The van der Waals surface area contributed by atoms with E-state index in [0.717, 1.165) is 6.20 Å². The van der Waals surface area contributed by atoms with Crippen LogP contribution in [0, 0.1) is 11.3 Å². The molecule has 198 valence electrons. The molecule has 4 aromatic rings. The maximum atomic E-state index is 14.2. The van der Waals surface area contributed by atoms with Crippen LogP contribution in [0.2, 0.25) is 0 Å². The molecule has 0 radical (unpaired) electrons. The van der Waals surface area contributed by atoms with Crippen molar-refractivity contribution in [2.24, 2.45) is 0 Å². The summed E-state index contributed by atoms with van der Waals surface area (Å²) in [5, 5.41) is 32.7. The molecule has 11 nitrogen and oxygen atoms in total. The number of hydrogen-bond donors (Lipinski definition) is 3. The number of rotatable bonds is 8. The van der Waals surface area contributed by atoms with Crippen LogP contribution in [0.15, 0.2) is 43.0 Å². The van der Waals surface area contributed by atoms with Crippen molar-refractivity contribution in [2.45, 2.75) is 38.3 Å². The highest BCUT2D eigenvalue weighted by Gasteiger charge is 2.29. The lowest BCUT2D eigenvalue weighted by molar-refractivity contribution is -0.142. The third kappa shape index (κ3) is 6.03. The fourth-order valence-corrected chi connectivity index (χ4v) is 3.36. The normalized spacial score (nSPS) is 12.8. The number of carbonyl (C=O) groups excluding carboxylic acids is 1. The predicted molar refractivity (Wildman–Crippen MR) is 126 cm³/mol. The summed E-state index contributed by atoms with van der Waals surface area (Å²) in [6, 6.07) is 6.24. The van der Waals surface area contributed by atoms with E-state index in [4.69, 9.17) is 5.26 Å². The lowest BCUT2D eigenvalue weighted by Gasteiger charge is -2.22. The van der Waals surface area contributed by atoms with E-state index in [1.54, 1.807) is 6.07 Å². The number of nitrogens with zero attached hydrogens (tertiary/aromatic N) is 7. The van der Waals surface area contributed by atoms with Crippen LogP contribution >= 0.6 is 0 Å². The van der Waals surface area contributed by atoms with Gasteiger partial charge in [-0.3, -0.25) is 9.48 Å². The Bertz CT molecular complexity index is 1520. The predicted octanol–water partition coefficient (Wildman–Crippen LogP) is 3.03.